The van der Waals surface area contributed by atoms with Crippen LogP contribution >= 0.6 is 0 Å². The van der Waals surface area contributed by atoms with Crippen molar-refractivity contribution in [2.75, 3.05) is 24.7 Å². The third-order valence-corrected chi connectivity index (χ3v) is 5.74. The maximum absolute atomic E-state index is 12.8. The Bertz CT molecular complexity index is 569. The van der Waals surface area contributed by atoms with Crippen molar-refractivity contribution in [3.8, 4) is 0 Å². The summed E-state index contributed by atoms with van der Waals surface area (Å²) in [6.45, 7) is 1.08. The van der Waals surface area contributed by atoms with E-state index in [1.165, 1.54) is 0 Å². The molecule has 1 aromatic rings. The zero-order valence-electron chi connectivity index (χ0n) is 12.8. The summed E-state index contributed by atoms with van der Waals surface area (Å²) in [5.41, 5.74) is 0.147. The van der Waals surface area contributed by atoms with Crippen LogP contribution < -0.4 is 4.90 Å². The lowest BCUT2D eigenvalue weighted by molar-refractivity contribution is -0.142. The van der Waals surface area contributed by atoms with Crippen molar-refractivity contribution >= 4 is 5.95 Å². The van der Waals surface area contributed by atoms with Gasteiger partial charge in [0, 0.05) is 25.8 Å². The van der Waals surface area contributed by atoms with Crippen molar-refractivity contribution in [1.29, 1.82) is 0 Å². The number of hydrogen-bond donors (Lipinski definition) is 0. The van der Waals surface area contributed by atoms with E-state index in [1.807, 2.05) is 4.90 Å². The normalized spacial score (nSPS) is 30.1. The summed E-state index contributed by atoms with van der Waals surface area (Å²) < 4.78 is 44.7. The van der Waals surface area contributed by atoms with Crippen LogP contribution in [0.2, 0.25) is 0 Å². The zero-order valence-corrected chi connectivity index (χ0v) is 12.8. The van der Waals surface area contributed by atoms with Crippen LogP contribution in [0.4, 0.5) is 19.1 Å². The Morgan fingerprint density at radius 2 is 2.00 bits per heavy atom. The van der Waals surface area contributed by atoms with Gasteiger partial charge in [-0.3, -0.25) is 0 Å². The summed E-state index contributed by atoms with van der Waals surface area (Å²) in [6, 6.07) is 0.256. The van der Waals surface area contributed by atoms with Gasteiger partial charge in [0.1, 0.15) is 6.54 Å². The van der Waals surface area contributed by atoms with Crippen molar-refractivity contribution in [2.45, 2.75) is 50.9 Å². The Morgan fingerprint density at radius 3 is 2.74 bits per heavy atom. The largest absolute Gasteiger partial charge is 0.408 e. The van der Waals surface area contributed by atoms with Crippen molar-refractivity contribution in [1.82, 2.24) is 20.2 Å². The topological polar surface area (TPSA) is 56.1 Å². The molecule has 1 aliphatic carbocycles. The van der Waals surface area contributed by atoms with Gasteiger partial charge in [-0.15, -0.1) is 0 Å². The fraction of sp³-hybridized carbons (Fsp3) is 0.929. The van der Waals surface area contributed by atoms with Crippen molar-refractivity contribution in [2.24, 2.45) is 11.3 Å². The fourth-order valence-electron chi connectivity index (χ4n) is 4.81. The van der Waals surface area contributed by atoms with Gasteiger partial charge in [-0.2, -0.15) is 13.2 Å². The number of alkyl halides is 3. The van der Waals surface area contributed by atoms with E-state index in [1.54, 1.807) is 0 Å². The van der Waals surface area contributed by atoms with Crippen LogP contribution in [0, 0.1) is 11.3 Å². The molecule has 1 aromatic heterocycles. The maximum atomic E-state index is 12.8. The summed E-state index contributed by atoms with van der Waals surface area (Å²) in [7, 11) is 0. The van der Waals surface area contributed by atoms with Crippen LogP contribution in [-0.2, 0) is 11.3 Å². The Kier molecular flexibility index (Phi) is 3.51. The highest BCUT2D eigenvalue weighted by Crippen LogP contribution is 2.54. The highest BCUT2D eigenvalue weighted by atomic mass is 19.4. The number of fused-ring (bicyclic) bond motifs is 2. The molecule has 2 aliphatic heterocycles. The van der Waals surface area contributed by atoms with Crippen LogP contribution in [0.15, 0.2) is 0 Å². The molecule has 128 valence electrons. The average molecular weight is 331 g/mol. The summed E-state index contributed by atoms with van der Waals surface area (Å²) in [5, 5.41) is 11.0. The van der Waals surface area contributed by atoms with Crippen LogP contribution in [0.25, 0.3) is 0 Å². The molecule has 2 saturated heterocycles. The highest BCUT2D eigenvalue weighted by molar-refractivity contribution is 5.37. The SMILES string of the molecule is FC(F)(F)Cn1nnnc1N1CC2(CCOCC2)[C@@H]2CCC[C@@H]21. The molecule has 23 heavy (non-hydrogen) atoms. The number of hydrogen-bond acceptors (Lipinski definition) is 5. The first-order chi connectivity index (χ1) is 11.0. The van der Waals surface area contributed by atoms with Crippen LogP contribution in [0.3, 0.4) is 0 Å². The molecule has 0 radical (unpaired) electrons. The van der Waals surface area contributed by atoms with Crippen molar-refractivity contribution in [3.63, 3.8) is 0 Å². The third-order valence-electron chi connectivity index (χ3n) is 5.74. The molecule has 6 nitrogen and oxygen atoms in total. The quantitative estimate of drug-likeness (QED) is 0.830. The number of tetrazole rings is 1. The van der Waals surface area contributed by atoms with Gasteiger partial charge in [0.25, 0.3) is 0 Å². The Hall–Kier alpha value is -1.38. The smallest absolute Gasteiger partial charge is 0.381 e. The van der Waals surface area contributed by atoms with Crippen LogP contribution in [-0.4, -0.2) is 52.2 Å². The van der Waals surface area contributed by atoms with Gasteiger partial charge in [-0.25, -0.2) is 4.68 Å². The Morgan fingerprint density at radius 1 is 1.22 bits per heavy atom. The predicted octanol–water partition coefficient (Wildman–Crippen LogP) is 2.02. The summed E-state index contributed by atoms with van der Waals surface area (Å²) in [6.07, 6.45) is 0.899. The Balaban J connectivity index is 1.63. The number of anilines is 1. The standard InChI is InChI=1S/C14H20F3N5O/c15-14(16,17)9-22-12(18-19-20-22)21-8-13(4-6-23-7-5-13)10-2-1-3-11(10)21/h10-11H,1-9H2/t10-,11+/m1/s1. The summed E-state index contributed by atoms with van der Waals surface area (Å²) in [5.74, 6) is 0.782. The molecule has 0 bridgehead atoms. The van der Waals surface area contributed by atoms with Gasteiger partial charge < -0.3 is 9.64 Å². The second-order valence-corrected chi connectivity index (χ2v) is 6.96. The molecule has 1 spiro atoms. The minimum absolute atomic E-state index is 0.147. The van der Waals surface area contributed by atoms with E-state index in [0.29, 0.717) is 5.92 Å². The highest BCUT2D eigenvalue weighted by Gasteiger charge is 2.55. The number of ether oxygens (including phenoxy) is 1. The van der Waals surface area contributed by atoms with E-state index in [2.05, 4.69) is 15.5 Å². The summed E-state index contributed by atoms with van der Waals surface area (Å²) in [4.78, 5) is 2.04. The molecule has 0 unspecified atom stereocenters. The first-order valence-corrected chi connectivity index (χ1v) is 8.16. The number of nitrogens with zero attached hydrogens (tertiary/aromatic N) is 5. The molecule has 2 atom stereocenters. The van der Waals surface area contributed by atoms with Crippen molar-refractivity contribution in [3.05, 3.63) is 0 Å². The summed E-state index contributed by atoms with van der Waals surface area (Å²) >= 11 is 0. The Labute approximate surface area is 132 Å². The molecule has 9 heteroatoms. The molecule has 3 fully saturated rings. The second kappa shape index (κ2) is 5.32. The number of halogens is 3. The zero-order chi connectivity index (χ0) is 16.1. The van der Waals surface area contributed by atoms with E-state index in [0.717, 1.165) is 56.5 Å². The minimum atomic E-state index is -4.32. The van der Waals surface area contributed by atoms with E-state index < -0.39 is 12.7 Å². The van der Waals surface area contributed by atoms with Gasteiger partial charge in [0.05, 0.1) is 0 Å². The molecule has 4 rings (SSSR count). The van der Waals surface area contributed by atoms with Crippen LogP contribution in [0.1, 0.15) is 32.1 Å². The first-order valence-electron chi connectivity index (χ1n) is 8.16. The average Bonchev–Trinajstić information content (AvgIpc) is 3.17. The number of aromatic nitrogens is 4. The van der Waals surface area contributed by atoms with E-state index >= 15 is 0 Å². The lowest BCUT2D eigenvalue weighted by Crippen LogP contribution is -2.37. The van der Waals surface area contributed by atoms with E-state index in [-0.39, 0.29) is 17.4 Å². The molecular weight excluding hydrogens is 311 g/mol. The predicted molar refractivity (Wildman–Crippen MR) is 74.8 cm³/mol. The number of rotatable bonds is 2. The van der Waals surface area contributed by atoms with Gasteiger partial charge in [0.15, 0.2) is 0 Å². The molecular formula is C14H20F3N5O. The monoisotopic (exact) mass is 331 g/mol. The molecule has 0 aromatic carbocycles. The van der Waals surface area contributed by atoms with Gasteiger partial charge in [-0.05, 0) is 47.4 Å². The van der Waals surface area contributed by atoms with Gasteiger partial charge >= 0.3 is 6.18 Å². The van der Waals surface area contributed by atoms with Crippen molar-refractivity contribution < 1.29 is 17.9 Å². The third kappa shape index (κ3) is 2.58. The minimum Gasteiger partial charge on any atom is -0.381 e. The van der Waals surface area contributed by atoms with E-state index in [4.69, 9.17) is 4.74 Å². The molecule has 0 N–H and O–H groups in total. The van der Waals surface area contributed by atoms with Gasteiger partial charge in [0.2, 0.25) is 5.95 Å². The molecule has 3 heterocycles. The maximum Gasteiger partial charge on any atom is 0.408 e. The molecule has 3 aliphatic rings. The van der Waals surface area contributed by atoms with Gasteiger partial charge in [-0.1, -0.05) is 11.5 Å². The fourth-order valence-corrected chi connectivity index (χ4v) is 4.81. The molecule has 1 saturated carbocycles. The first kappa shape index (κ1) is 15.2. The lowest BCUT2D eigenvalue weighted by atomic mass is 9.71. The van der Waals surface area contributed by atoms with Crippen LogP contribution in [0.5, 0.6) is 0 Å². The second-order valence-electron chi connectivity index (χ2n) is 6.96. The lowest BCUT2D eigenvalue weighted by Gasteiger charge is -2.37. The van der Waals surface area contributed by atoms with E-state index in [9.17, 15) is 13.2 Å². The molecule has 0 amide bonds.